The number of hydrogen-bond acceptors (Lipinski definition) is 5. The van der Waals surface area contributed by atoms with Crippen LogP contribution < -0.4 is 0 Å². The average molecular weight is 519 g/mol. The number of ether oxygens (including phenoxy) is 2. The molecule has 7 unspecified atom stereocenters. The summed E-state index contributed by atoms with van der Waals surface area (Å²) in [5, 5.41) is 34.6. The third-order valence-electron chi connectivity index (χ3n) is 14.4. The smallest absolute Gasteiger partial charge is 0.108 e. The maximum atomic E-state index is 12.3. The largest absolute Gasteiger partial charge is 0.393 e. The second kappa shape index (κ2) is 7.96. The van der Waals surface area contributed by atoms with E-state index in [9.17, 15) is 15.3 Å². The van der Waals surface area contributed by atoms with Gasteiger partial charge in [0, 0.05) is 12.0 Å². The fourth-order valence-electron chi connectivity index (χ4n) is 12.4. The van der Waals surface area contributed by atoms with Gasteiger partial charge in [-0.15, -0.1) is 0 Å². The summed E-state index contributed by atoms with van der Waals surface area (Å²) in [6.07, 6.45) is 6.93. The zero-order chi connectivity index (χ0) is 27.0. The van der Waals surface area contributed by atoms with Crippen LogP contribution in [-0.4, -0.2) is 58.0 Å². The molecule has 0 aromatic rings. The first kappa shape index (κ1) is 27.0. The SMILES string of the molecule is CCOC(C)(C)[C@H](O)C1C[C@@H](C)[C@H]2C(O1)[C@H](O)[C@@]1(C)C3CC[C@H]4C(C)(C)C(O)CCC45CC35CCC21C. The molecule has 1 aliphatic heterocycles. The molecule has 3 N–H and O–H groups in total. The van der Waals surface area contributed by atoms with Gasteiger partial charge in [-0.1, -0.05) is 34.6 Å². The van der Waals surface area contributed by atoms with Crippen molar-refractivity contribution in [3.05, 3.63) is 0 Å². The van der Waals surface area contributed by atoms with Crippen molar-refractivity contribution in [3.8, 4) is 0 Å². The normalized spacial score (nSPS) is 56.8. The molecule has 0 radical (unpaired) electrons. The second-order valence-corrected chi connectivity index (χ2v) is 16.1. The van der Waals surface area contributed by atoms with Crippen LogP contribution in [0.15, 0.2) is 0 Å². The minimum atomic E-state index is -0.726. The quantitative estimate of drug-likeness (QED) is 0.468. The maximum Gasteiger partial charge on any atom is 0.108 e. The molecule has 5 saturated carbocycles. The van der Waals surface area contributed by atoms with Gasteiger partial charge in [-0.2, -0.15) is 0 Å². The van der Waals surface area contributed by atoms with Crippen molar-refractivity contribution in [2.45, 2.75) is 143 Å². The highest BCUT2D eigenvalue weighted by Crippen LogP contribution is 2.89. The molecular weight excluding hydrogens is 464 g/mol. The molecule has 2 spiro atoms. The van der Waals surface area contributed by atoms with E-state index in [2.05, 4.69) is 34.6 Å². The minimum absolute atomic E-state index is 0.0228. The van der Waals surface area contributed by atoms with Gasteiger partial charge in [0.1, 0.15) is 6.10 Å². The van der Waals surface area contributed by atoms with Crippen LogP contribution in [0, 0.1) is 50.7 Å². The lowest BCUT2D eigenvalue weighted by Gasteiger charge is -2.63. The highest BCUT2D eigenvalue weighted by molar-refractivity contribution is 5.32. The molecule has 5 aliphatic carbocycles. The number of fused-ring (bicyclic) bond motifs is 4. The van der Waals surface area contributed by atoms with Crippen LogP contribution in [0.25, 0.3) is 0 Å². The summed E-state index contributed by atoms with van der Waals surface area (Å²) in [5.74, 6) is 1.77. The van der Waals surface area contributed by atoms with Gasteiger partial charge in [0.25, 0.3) is 0 Å². The van der Waals surface area contributed by atoms with E-state index in [1.54, 1.807) is 0 Å². The molecule has 5 heteroatoms. The van der Waals surface area contributed by atoms with E-state index >= 15 is 0 Å². The van der Waals surface area contributed by atoms with Crippen molar-refractivity contribution in [1.29, 1.82) is 0 Å². The zero-order valence-corrected chi connectivity index (χ0v) is 24.7. The van der Waals surface area contributed by atoms with Gasteiger partial charge < -0.3 is 24.8 Å². The van der Waals surface area contributed by atoms with E-state index < -0.39 is 17.8 Å². The van der Waals surface area contributed by atoms with Gasteiger partial charge in [0.15, 0.2) is 0 Å². The second-order valence-electron chi connectivity index (χ2n) is 16.1. The van der Waals surface area contributed by atoms with Crippen LogP contribution in [0.5, 0.6) is 0 Å². The number of aliphatic hydroxyl groups excluding tert-OH is 3. The molecular formula is C32H54O5. The third kappa shape index (κ3) is 3.05. The fraction of sp³-hybridized carbons (Fsp3) is 1.00. The Morgan fingerprint density at radius 2 is 1.62 bits per heavy atom. The van der Waals surface area contributed by atoms with Gasteiger partial charge in [-0.3, -0.25) is 0 Å². The van der Waals surface area contributed by atoms with Crippen LogP contribution in [0.3, 0.4) is 0 Å². The van der Waals surface area contributed by atoms with Crippen molar-refractivity contribution < 1.29 is 24.8 Å². The monoisotopic (exact) mass is 518 g/mol. The van der Waals surface area contributed by atoms with Gasteiger partial charge in [0.05, 0.1) is 30.0 Å². The lowest BCUT2D eigenvalue weighted by atomic mass is 9.41. The summed E-state index contributed by atoms with van der Waals surface area (Å²) in [4.78, 5) is 0. The molecule has 0 aromatic carbocycles. The van der Waals surface area contributed by atoms with Crippen LogP contribution in [0.1, 0.15) is 107 Å². The Hall–Kier alpha value is -0.200. The van der Waals surface area contributed by atoms with E-state index in [4.69, 9.17) is 9.47 Å². The zero-order valence-electron chi connectivity index (χ0n) is 24.7. The first-order valence-electron chi connectivity index (χ1n) is 15.5. The van der Waals surface area contributed by atoms with Gasteiger partial charge in [-0.25, -0.2) is 0 Å². The third-order valence-corrected chi connectivity index (χ3v) is 14.4. The van der Waals surface area contributed by atoms with Crippen LogP contribution in [-0.2, 0) is 9.47 Å². The molecule has 0 amide bonds. The number of rotatable bonds is 4. The van der Waals surface area contributed by atoms with E-state index in [-0.39, 0.29) is 34.6 Å². The highest BCUT2D eigenvalue weighted by atomic mass is 16.5. The topological polar surface area (TPSA) is 79.2 Å². The van der Waals surface area contributed by atoms with Crippen molar-refractivity contribution in [1.82, 2.24) is 0 Å². The fourth-order valence-corrected chi connectivity index (χ4v) is 12.4. The van der Waals surface area contributed by atoms with E-state index in [0.717, 1.165) is 32.1 Å². The van der Waals surface area contributed by atoms with Crippen molar-refractivity contribution >= 4 is 0 Å². The van der Waals surface area contributed by atoms with Gasteiger partial charge >= 0.3 is 0 Å². The summed E-state index contributed by atoms with van der Waals surface area (Å²) >= 11 is 0. The first-order valence-corrected chi connectivity index (χ1v) is 15.5. The number of aliphatic hydroxyl groups is 3. The summed E-state index contributed by atoms with van der Waals surface area (Å²) in [6.45, 7) is 18.3. The standard InChI is InChI=1S/C32H54O5/c1-9-36-28(5,6)25(34)19-16-18(2)23-24(37-19)26(35)30(8)21-11-10-20-27(3,4)22(33)12-13-31(20)17-32(21,31)15-14-29(23,30)7/h18-26,33-35H,9-17H2,1-8H3/t18-,19?,20+,21?,22?,23+,24?,25-,26+,29?,30-,31?,32?/m1/s1. The van der Waals surface area contributed by atoms with Gasteiger partial charge in [-0.05, 0) is 117 Å². The molecule has 13 atom stereocenters. The molecule has 6 fully saturated rings. The Labute approximate surface area is 225 Å². The molecule has 0 bridgehead atoms. The predicted octanol–water partition coefficient (Wildman–Crippen LogP) is 5.34. The summed E-state index contributed by atoms with van der Waals surface area (Å²) < 4.78 is 12.7. The Morgan fingerprint density at radius 1 is 0.973 bits per heavy atom. The summed E-state index contributed by atoms with van der Waals surface area (Å²) in [6, 6.07) is 0. The molecule has 0 aromatic heterocycles. The Bertz CT molecular complexity index is 932. The van der Waals surface area contributed by atoms with Crippen molar-refractivity contribution in [2.75, 3.05) is 6.61 Å². The van der Waals surface area contributed by atoms with E-state index in [1.165, 1.54) is 19.3 Å². The molecule has 6 aliphatic rings. The Morgan fingerprint density at radius 3 is 2.30 bits per heavy atom. The van der Waals surface area contributed by atoms with Crippen LogP contribution in [0.2, 0.25) is 0 Å². The Kier molecular flexibility index (Phi) is 5.81. The Balaban J connectivity index is 1.33. The summed E-state index contributed by atoms with van der Waals surface area (Å²) in [7, 11) is 0. The van der Waals surface area contributed by atoms with Crippen molar-refractivity contribution in [3.63, 3.8) is 0 Å². The van der Waals surface area contributed by atoms with Crippen molar-refractivity contribution in [2.24, 2.45) is 50.7 Å². The lowest BCUT2D eigenvalue weighted by molar-refractivity contribution is -0.211. The predicted molar refractivity (Wildman–Crippen MR) is 144 cm³/mol. The molecule has 212 valence electrons. The van der Waals surface area contributed by atoms with E-state index in [0.29, 0.717) is 41.1 Å². The molecule has 1 saturated heterocycles. The lowest BCUT2D eigenvalue weighted by Crippen LogP contribution is -2.59. The molecule has 5 nitrogen and oxygen atoms in total. The van der Waals surface area contributed by atoms with Gasteiger partial charge in [0.2, 0.25) is 0 Å². The molecule has 6 rings (SSSR count). The van der Waals surface area contributed by atoms with Crippen LogP contribution in [0.4, 0.5) is 0 Å². The highest BCUT2D eigenvalue weighted by Gasteiger charge is 2.84. The van der Waals surface area contributed by atoms with Crippen LogP contribution >= 0.6 is 0 Å². The average Bonchev–Trinajstić information content (AvgIpc) is 3.46. The summed E-state index contributed by atoms with van der Waals surface area (Å²) in [5.41, 5.74) is -0.211. The van der Waals surface area contributed by atoms with E-state index in [1.807, 2.05) is 20.8 Å². The first-order chi connectivity index (χ1) is 17.1. The maximum absolute atomic E-state index is 12.3. The molecule has 37 heavy (non-hydrogen) atoms. The minimum Gasteiger partial charge on any atom is -0.393 e. The number of hydrogen-bond donors (Lipinski definition) is 3. The molecule has 1 heterocycles.